The predicted molar refractivity (Wildman–Crippen MR) is 71.8 cm³/mol. The van der Waals surface area contributed by atoms with Crippen molar-refractivity contribution < 1.29 is 14.7 Å². The standard InChI is InChI=1S/C12H24N4O3/c1-6-13-9(18)11(2,3)15-16-12(4,5)10(19)14-7-8-17/h17H,6-8H2,1-5H3,(H,13,18)(H,14,19). The molecule has 19 heavy (non-hydrogen) atoms. The summed E-state index contributed by atoms with van der Waals surface area (Å²) >= 11 is 0. The van der Waals surface area contributed by atoms with Crippen LogP contribution in [0.1, 0.15) is 34.6 Å². The molecule has 3 N–H and O–H groups in total. The first-order valence-corrected chi connectivity index (χ1v) is 6.29. The Morgan fingerprint density at radius 2 is 1.42 bits per heavy atom. The number of carbonyl (C=O) groups is 2. The number of likely N-dealkylation sites (N-methyl/N-ethyl adjacent to an activating group) is 1. The van der Waals surface area contributed by atoms with Crippen LogP contribution < -0.4 is 10.6 Å². The normalized spacial score (nSPS) is 12.5. The molecule has 0 heterocycles. The first-order valence-electron chi connectivity index (χ1n) is 6.29. The highest BCUT2D eigenvalue weighted by atomic mass is 16.3. The van der Waals surface area contributed by atoms with Gasteiger partial charge in [-0.15, -0.1) is 0 Å². The number of nitrogens with one attached hydrogen (secondary N) is 2. The van der Waals surface area contributed by atoms with Crippen molar-refractivity contribution >= 4 is 11.8 Å². The molecule has 0 aromatic rings. The van der Waals surface area contributed by atoms with E-state index in [9.17, 15) is 9.59 Å². The monoisotopic (exact) mass is 272 g/mol. The van der Waals surface area contributed by atoms with Crippen LogP contribution in [0.25, 0.3) is 0 Å². The molecular weight excluding hydrogens is 248 g/mol. The van der Waals surface area contributed by atoms with Gasteiger partial charge in [0.2, 0.25) is 11.8 Å². The van der Waals surface area contributed by atoms with Crippen LogP contribution in [-0.2, 0) is 9.59 Å². The molecule has 0 aromatic carbocycles. The van der Waals surface area contributed by atoms with Gasteiger partial charge >= 0.3 is 0 Å². The summed E-state index contributed by atoms with van der Waals surface area (Å²) in [7, 11) is 0. The Morgan fingerprint density at radius 3 is 1.79 bits per heavy atom. The Labute approximate surface area is 113 Å². The number of carbonyl (C=O) groups excluding carboxylic acids is 2. The van der Waals surface area contributed by atoms with E-state index in [2.05, 4.69) is 20.9 Å². The third-order valence-corrected chi connectivity index (χ3v) is 2.40. The zero-order chi connectivity index (χ0) is 15.1. The third kappa shape index (κ3) is 5.78. The van der Waals surface area contributed by atoms with Crippen LogP contribution in [0, 0.1) is 0 Å². The van der Waals surface area contributed by atoms with E-state index >= 15 is 0 Å². The van der Waals surface area contributed by atoms with Crippen LogP contribution in [0.15, 0.2) is 10.2 Å². The highest BCUT2D eigenvalue weighted by molar-refractivity contribution is 5.86. The van der Waals surface area contributed by atoms with Crippen LogP contribution >= 0.6 is 0 Å². The van der Waals surface area contributed by atoms with E-state index in [0.29, 0.717) is 6.54 Å². The minimum absolute atomic E-state index is 0.136. The van der Waals surface area contributed by atoms with Gasteiger partial charge in [0.25, 0.3) is 0 Å². The highest BCUT2D eigenvalue weighted by Gasteiger charge is 2.31. The fourth-order valence-electron chi connectivity index (χ4n) is 1.10. The molecule has 0 fully saturated rings. The van der Waals surface area contributed by atoms with Crippen molar-refractivity contribution in [2.75, 3.05) is 19.7 Å². The van der Waals surface area contributed by atoms with Crippen molar-refractivity contribution in [1.29, 1.82) is 0 Å². The Bertz CT molecular complexity index is 351. The molecular formula is C12H24N4O3. The van der Waals surface area contributed by atoms with E-state index in [0.717, 1.165) is 0 Å². The molecule has 0 aliphatic heterocycles. The van der Waals surface area contributed by atoms with Gasteiger partial charge in [0.15, 0.2) is 11.1 Å². The van der Waals surface area contributed by atoms with Gasteiger partial charge in [0.05, 0.1) is 6.61 Å². The molecule has 0 aliphatic carbocycles. The van der Waals surface area contributed by atoms with Gasteiger partial charge in [-0.05, 0) is 34.6 Å². The summed E-state index contributed by atoms with van der Waals surface area (Å²) in [5.74, 6) is -0.595. The maximum absolute atomic E-state index is 11.8. The second-order valence-electron chi connectivity index (χ2n) is 5.16. The molecule has 7 heteroatoms. The van der Waals surface area contributed by atoms with Crippen molar-refractivity contribution in [3.8, 4) is 0 Å². The maximum atomic E-state index is 11.8. The van der Waals surface area contributed by atoms with Crippen molar-refractivity contribution in [3.05, 3.63) is 0 Å². The van der Waals surface area contributed by atoms with Gasteiger partial charge in [0, 0.05) is 13.1 Å². The SMILES string of the molecule is CCNC(=O)C(C)(C)N=NC(C)(C)C(=O)NCCO. The van der Waals surface area contributed by atoms with Crippen molar-refractivity contribution in [2.45, 2.75) is 45.7 Å². The van der Waals surface area contributed by atoms with Crippen molar-refractivity contribution in [2.24, 2.45) is 10.2 Å². The zero-order valence-electron chi connectivity index (χ0n) is 12.3. The van der Waals surface area contributed by atoms with Crippen molar-refractivity contribution in [3.63, 3.8) is 0 Å². The summed E-state index contributed by atoms with van der Waals surface area (Å²) in [4.78, 5) is 23.5. The Morgan fingerprint density at radius 1 is 1.00 bits per heavy atom. The first kappa shape index (κ1) is 17.5. The van der Waals surface area contributed by atoms with Crippen LogP contribution in [0.3, 0.4) is 0 Å². The molecule has 0 spiro atoms. The lowest BCUT2D eigenvalue weighted by Gasteiger charge is -2.21. The fourth-order valence-corrected chi connectivity index (χ4v) is 1.10. The number of aliphatic hydroxyl groups excluding tert-OH is 1. The quantitative estimate of drug-likeness (QED) is 0.578. The molecule has 0 unspecified atom stereocenters. The molecule has 0 saturated heterocycles. The van der Waals surface area contributed by atoms with Gasteiger partial charge in [-0.3, -0.25) is 9.59 Å². The molecule has 110 valence electrons. The molecule has 0 aromatic heterocycles. The molecule has 0 rings (SSSR count). The summed E-state index contributed by atoms with van der Waals surface area (Å²) in [6, 6.07) is 0. The van der Waals surface area contributed by atoms with E-state index in [4.69, 9.17) is 5.11 Å². The van der Waals surface area contributed by atoms with Crippen LogP contribution in [0.2, 0.25) is 0 Å². The first-order chi connectivity index (χ1) is 8.67. The van der Waals surface area contributed by atoms with E-state index in [-0.39, 0.29) is 25.0 Å². The average Bonchev–Trinajstić information content (AvgIpc) is 2.34. The Kier molecular flexibility index (Phi) is 6.61. The summed E-state index contributed by atoms with van der Waals surface area (Å²) in [5.41, 5.74) is -2.11. The number of hydrogen-bond donors (Lipinski definition) is 3. The minimum Gasteiger partial charge on any atom is -0.395 e. The fraction of sp³-hybridized carbons (Fsp3) is 0.833. The zero-order valence-corrected chi connectivity index (χ0v) is 12.3. The maximum Gasteiger partial charge on any atom is 0.249 e. The van der Waals surface area contributed by atoms with E-state index in [1.165, 1.54) is 0 Å². The minimum atomic E-state index is -1.08. The van der Waals surface area contributed by atoms with Gasteiger partial charge < -0.3 is 15.7 Å². The van der Waals surface area contributed by atoms with E-state index < -0.39 is 11.1 Å². The molecule has 0 aliphatic rings. The van der Waals surface area contributed by atoms with Crippen LogP contribution in [0.5, 0.6) is 0 Å². The molecule has 2 amide bonds. The van der Waals surface area contributed by atoms with Gasteiger partial charge in [-0.2, -0.15) is 10.2 Å². The van der Waals surface area contributed by atoms with E-state index in [1.54, 1.807) is 27.7 Å². The van der Waals surface area contributed by atoms with Gasteiger partial charge in [0.1, 0.15) is 0 Å². The number of aliphatic hydroxyl groups is 1. The third-order valence-electron chi connectivity index (χ3n) is 2.40. The molecule has 0 saturated carbocycles. The summed E-state index contributed by atoms with van der Waals surface area (Å²) in [6.07, 6.45) is 0. The van der Waals surface area contributed by atoms with Gasteiger partial charge in [-0.25, -0.2) is 0 Å². The molecule has 0 radical (unpaired) electrons. The topological polar surface area (TPSA) is 103 Å². The van der Waals surface area contributed by atoms with Gasteiger partial charge in [-0.1, -0.05) is 0 Å². The smallest absolute Gasteiger partial charge is 0.249 e. The van der Waals surface area contributed by atoms with Crippen molar-refractivity contribution in [1.82, 2.24) is 10.6 Å². The Hall–Kier alpha value is -1.50. The average molecular weight is 272 g/mol. The lowest BCUT2D eigenvalue weighted by molar-refractivity contribution is -0.127. The summed E-state index contributed by atoms with van der Waals surface area (Å²) < 4.78 is 0. The Balaban J connectivity index is 4.75. The largest absolute Gasteiger partial charge is 0.395 e. The lowest BCUT2D eigenvalue weighted by Crippen LogP contribution is -2.44. The second kappa shape index (κ2) is 7.18. The molecule has 0 atom stereocenters. The number of amides is 2. The van der Waals surface area contributed by atoms with E-state index in [1.807, 2.05) is 6.92 Å². The second-order valence-corrected chi connectivity index (χ2v) is 5.16. The summed E-state index contributed by atoms with van der Waals surface area (Å²) in [5, 5.41) is 21.7. The lowest BCUT2D eigenvalue weighted by atomic mass is 10.0. The number of nitrogens with zero attached hydrogens (tertiary/aromatic N) is 2. The van der Waals surface area contributed by atoms with Crippen LogP contribution in [0.4, 0.5) is 0 Å². The highest BCUT2D eigenvalue weighted by Crippen LogP contribution is 2.16. The predicted octanol–water partition coefficient (Wildman–Crippen LogP) is 0.240. The molecule has 0 bridgehead atoms. The number of azo groups is 1. The molecule has 7 nitrogen and oxygen atoms in total. The number of hydrogen-bond acceptors (Lipinski definition) is 5. The summed E-state index contributed by atoms with van der Waals surface area (Å²) in [6.45, 7) is 8.80. The number of rotatable bonds is 7. The van der Waals surface area contributed by atoms with Crippen LogP contribution in [-0.4, -0.2) is 47.7 Å².